The first-order valence-corrected chi connectivity index (χ1v) is 6.62. The number of aryl methyl sites for hydroxylation is 1. The van der Waals surface area contributed by atoms with Crippen LogP contribution in [0.1, 0.15) is 30.4 Å². The number of carbonyl (C=O) groups is 1. The Labute approximate surface area is 108 Å². The monoisotopic (exact) mass is 247 g/mol. The summed E-state index contributed by atoms with van der Waals surface area (Å²) in [6, 6.07) is 8.45. The Morgan fingerprint density at radius 2 is 2.22 bits per heavy atom. The van der Waals surface area contributed by atoms with Crippen LogP contribution in [0.2, 0.25) is 0 Å². The van der Waals surface area contributed by atoms with Gasteiger partial charge in [-0.15, -0.1) is 0 Å². The third-order valence-electron chi connectivity index (χ3n) is 3.90. The van der Waals surface area contributed by atoms with Gasteiger partial charge in [-0.1, -0.05) is 36.2 Å². The number of rotatable bonds is 6. The number of aliphatic carboxylic acids is 1. The van der Waals surface area contributed by atoms with E-state index in [9.17, 15) is 9.90 Å². The summed E-state index contributed by atoms with van der Waals surface area (Å²) in [4.78, 5) is 11.2. The smallest absolute Gasteiger partial charge is 0.310 e. The molecule has 0 saturated heterocycles. The van der Waals surface area contributed by atoms with E-state index in [0.29, 0.717) is 6.54 Å². The zero-order valence-electron chi connectivity index (χ0n) is 10.9. The van der Waals surface area contributed by atoms with E-state index in [2.05, 4.69) is 36.5 Å². The van der Waals surface area contributed by atoms with Crippen LogP contribution >= 0.6 is 0 Å². The molecule has 0 amide bonds. The van der Waals surface area contributed by atoms with Crippen molar-refractivity contribution in [2.24, 2.45) is 5.41 Å². The van der Waals surface area contributed by atoms with Crippen LogP contribution in [0.3, 0.4) is 0 Å². The van der Waals surface area contributed by atoms with E-state index in [1.54, 1.807) is 0 Å². The van der Waals surface area contributed by atoms with Crippen molar-refractivity contribution in [1.29, 1.82) is 0 Å². The van der Waals surface area contributed by atoms with Gasteiger partial charge in [0, 0.05) is 6.54 Å². The Kier molecular flexibility index (Phi) is 4.02. The van der Waals surface area contributed by atoms with E-state index >= 15 is 0 Å². The minimum absolute atomic E-state index is 0.480. The number of nitrogens with one attached hydrogen (secondary N) is 1. The molecule has 2 rings (SSSR count). The van der Waals surface area contributed by atoms with Crippen molar-refractivity contribution in [1.82, 2.24) is 5.32 Å². The first-order valence-electron chi connectivity index (χ1n) is 6.62. The van der Waals surface area contributed by atoms with E-state index in [0.717, 1.165) is 32.2 Å². The number of carboxylic acids is 1. The lowest BCUT2D eigenvalue weighted by Crippen LogP contribution is -2.46. The molecule has 98 valence electrons. The average molecular weight is 247 g/mol. The summed E-state index contributed by atoms with van der Waals surface area (Å²) in [5.41, 5.74) is 2.10. The van der Waals surface area contributed by atoms with Gasteiger partial charge in [0.2, 0.25) is 0 Å². The number of hydrogen-bond donors (Lipinski definition) is 2. The topological polar surface area (TPSA) is 49.3 Å². The Hall–Kier alpha value is -1.35. The molecule has 1 aliphatic rings. The van der Waals surface area contributed by atoms with Crippen LogP contribution in [0.5, 0.6) is 0 Å². The number of benzene rings is 1. The van der Waals surface area contributed by atoms with Gasteiger partial charge >= 0.3 is 5.97 Å². The maximum Gasteiger partial charge on any atom is 0.310 e. The molecule has 3 nitrogen and oxygen atoms in total. The average Bonchev–Trinajstić information content (AvgIpc) is 2.26. The van der Waals surface area contributed by atoms with Crippen molar-refractivity contribution in [3.05, 3.63) is 35.4 Å². The van der Waals surface area contributed by atoms with Gasteiger partial charge in [-0.25, -0.2) is 0 Å². The number of carboxylic acid groups (broad SMARTS) is 1. The van der Waals surface area contributed by atoms with Gasteiger partial charge < -0.3 is 10.4 Å². The zero-order chi connectivity index (χ0) is 13.0. The Bertz CT molecular complexity index is 424. The maximum absolute atomic E-state index is 11.2. The van der Waals surface area contributed by atoms with Gasteiger partial charge in [-0.2, -0.15) is 0 Å². The van der Waals surface area contributed by atoms with Gasteiger partial charge in [0.1, 0.15) is 0 Å². The van der Waals surface area contributed by atoms with E-state index in [1.165, 1.54) is 11.1 Å². The van der Waals surface area contributed by atoms with Crippen molar-refractivity contribution in [2.45, 2.75) is 32.6 Å². The van der Waals surface area contributed by atoms with Crippen molar-refractivity contribution >= 4 is 5.97 Å². The first kappa shape index (κ1) is 13.1. The standard InChI is InChI=1S/C15H21NO2/c1-12-4-2-5-13(10-12)6-9-16-11-15(14(17)18)7-3-8-15/h2,4-5,10,16H,3,6-9,11H2,1H3,(H,17,18). The maximum atomic E-state index is 11.2. The molecule has 1 saturated carbocycles. The third-order valence-corrected chi connectivity index (χ3v) is 3.90. The van der Waals surface area contributed by atoms with Gasteiger partial charge in [-0.05, 0) is 38.3 Å². The van der Waals surface area contributed by atoms with E-state index in [4.69, 9.17) is 0 Å². The molecule has 1 aliphatic carbocycles. The lowest BCUT2D eigenvalue weighted by atomic mass is 9.69. The highest BCUT2D eigenvalue weighted by molar-refractivity contribution is 5.76. The van der Waals surface area contributed by atoms with Crippen LogP contribution in [0.4, 0.5) is 0 Å². The van der Waals surface area contributed by atoms with Crippen LogP contribution in [-0.2, 0) is 11.2 Å². The minimum atomic E-state index is -0.642. The quantitative estimate of drug-likeness (QED) is 0.759. The van der Waals surface area contributed by atoms with E-state index < -0.39 is 11.4 Å². The molecule has 0 aliphatic heterocycles. The minimum Gasteiger partial charge on any atom is -0.481 e. The molecule has 0 radical (unpaired) electrons. The highest BCUT2D eigenvalue weighted by atomic mass is 16.4. The molecule has 1 fully saturated rings. The molecule has 0 bridgehead atoms. The second-order valence-corrected chi connectivity index (χ2v) is 5.35. The summed E-state index contributed by atoms with van der Waals surface area (Å²) in [5, 5.41) is 12.5. The van der Waals surface area contributed by atoms with Gasteiger partial charge in [0.25, 0.3) is 0 Å². The summed E-state index contributed by atoms with van der Waals surface area (Å²) in [5.74, 6) is -0.642. The molecule has 3 heteroatoms. The van der Waals surface area contributed by atoms with E-state index in [1.807, 2.05) is 0 Å². The Balaban J connectivity index is 1.74. The van der Waals surface area contributed by atoms with Crippen LogP contribution in [0.25, 0.3) is 0 Å². The third kappa shape index (κ3) is 2.91. The molecular weight excluding hydrogens is 226 g/mol. The molecule has 1 aromatic rings. The molecule has 0 heterocycles. The molecule has 0 unspecified atom stereocenters. The van der Waals surface area contributed by atoms with Crippen molar-refractivity contribution in [3.8, 4) is 0 Å². The summed E-state index contributed by atoms with van der Waals surface area (Å²) in [6.07, 6.45) is 3.64. The SMILES string of the molecule is Cc1cccc(CCNCC2(C(=O)O)CCC2)c1. The molecule has 0 spiro atoms. The highest BCUT2D eigenvalue weighted by Gasteiger charge is 2.43. The molecule has 18 heavy (non-hydrogen) atoms. The molecular formula is C15H21NO2. The largest absolute Gasteiger partial charge is 0.481 e. The Morgan fingerprint density at radius 3 is 2.78 bits per heavy atom. The predicted octanol–water partition coefficient (Wildman–Crippen LogP) is 2.38. The predicted molar refractivity (Wildman–Crippen MR) is 71.7 cm³/mol. The highest BCUT2D eigenvalue weighted by Crippen LogP contribution is 2.40. The molecule has 0 atom stereocenters. The summed E-state index contributed by atoms with van der Waals surface area (Å²) >= 11 is 0. The molecule has 0 aromatic heterocycles. The Morgan fingerprint density at radius 1 is 1.44 bits per heavy atom. The summed E-state index contributed by atoms with van der Waals surface area (Å²) < 4.78 is 0. The zero-order valence-corrected chi connectivity index (χ0v) is 10.9. The van der Waals surface area contributed by atoms with Crippen LogP contribution in [-0.4, -0.2) is 24.2 Å². The van der Waals surface area contributed by atoms with Crippen LogP contribution < -0.4 is 5.32 Å². The number of hydrogen-bond acceptors (Lipinski definition) is 2. The van der Waals surface area contributed by atoms with Crippen LogP contribution in [0.15, 0.2) is 24.3 Å². The molecule has 1 aromatic carbocycles. The summed E-state index contributed by atoms with van der Waals surface area (Å²) in [6.45, 7) is 3.54. The fourth-order valence-corrected chi connectivity index (χ4v) is 2.50. The second-order valence-electron chi connectivity index (χ2n) is 5.35. The van der Waals surface area contributed by atoms with Crippen molar-refractivity contribution in [2.75, 3.05) is 13.1 Å². The van der Waals surface area contributed by atoms with Crippen molar-refractivity contribution < 1.29 is 9.90 Å². The fraction of sp³-hybridized carbons (Fsp3) is 0.533. The van der Waals surface area contributed by atoms with Gasteiger partial charge in [-0.3, -0.25) is 4.79 Å². The second kappa shape index (κ2) is 5.53. The first-order chi connectivity index (χ1) is 8.62. The van der Waals surface area contributed by atoms with Gasteiger partial charge in [0.15, 0.2) is 0 Å². The normalized spacial score (nSPS) is 17.2. The van der Waals surface area contributed by atoms with Crippen LogP contribution in [0, 0.1) is 12.3 Å². The molecule has 2 N–H and O–H groups in total. The van der Waals surface area contributed by atoms with Gasteiger partial charge in [0.05, 0.1) is 5.41 Å². The van der Waals surface area contributed by atoms with Crippen molar-refractivity contribution in [3.63, 3.8) is 0 Å². The van der Waals surface area contributed by atoms with E-state index in [-0.39, 0.29) is 0 Å². The summed E-state index contributed by atoms with van der Waals surface area (Å²) in [7, 11) is 0. The lowest BCUT2D eigenvalue weighted by Gasteiger charge is -2.37. The lowest BCUT2D eigenvalue weighted by molar-refractivity contribution is -0.154. The fourth-order valence-electron chi connectivity index (χ4n) is 2.50.